The Labute approximate surface area is 191 Å². The average molecular weight is 468 g/mol. The van der Waals surface area contributed by atoms with Crippen LogP contribution >= 0.6 is 35.6 Å². The molecule has 1 N–H and O–H groups in total. The molecule has 1 saturated carbocycles. The van der Waals surface area contributed by atoms with E-state index < -0.39 is 0 Å². The number of fused-ring (bicyclic) bond motifs is 3. The van der Waals surface area contributed by atoms with Crippen LogP contribution in [0.3, 0.4) is 0 Å². The molecule has 1 fully saturated rings. The van der Waals surface area contributed by atoms with Gasteiger partial charge in [-0.05, 0) is 67.0 Å². The van der Waals surface area contributed by atoms with Crippen LogP contribution in [0.2, 0.25) is 10.0 Å². The van der Waals surface area contributed by atoms with Gasteiger partial charge in [-0.15, -0.1) is 22.6 Å². The molecule has 30 heavy (non-hydrogen) atoms. The number of nitrogens with zero attached hydrogens (tertiary/aromatic N) is 3. The predicted octanol–water partition coefficient (Wildman–Crippen LogP) is 6.18. The third kappa shape index (κ3) is 3.84. The molecule has 2 aliphatic rings. The first-order valence-electron chi connectivity index (χ1n) is 9.99. The molecule has 4 nitrogen and oxygen atoms in total. The van der Waals surface area contributed by atoms with Crippen molar-refractivity contribution in [3.05, 3.63) is 75.0 Å². The van der Waals surface area contributed by atoms with Gasteiger partial charge in [-0.3, -0.25) is 4.57 Å². The van der Waals surface area contributed by atoms with E-state index in [1.165, 1.54) is 6.07 Å². The molecule has 5 rings (SSSR count). The Morgan fingerprint density at radius 3 is 2.53 bits per heavy atom. The van der Waals surface area contributed by atoms with Crippen molar-refractivity contribution < 1.29 is 4.39 Å². The average Bonchev–Trinajstić information content (AvgIpc) is 3.06. The Kier molecular flexibility index (Phi) is 6.35. The van der Waals surface area contributed by atoms with Crippen LogP contribution in [0.1, 0.15) is 60.3 Å². The Balaban J connectivity index is 0.00000218. The molecular weight excluding hydrogens is 446 g/mol. The third-order valence-corrected chi connectivity index (χ3v) is 6.78. The molecule has 3 aromatic rings. The first-order valence-corrected chi connectivity index (χ1v) is 10.7. The maximum Gasteiger partial charge on any atom is 0.151 e. The Morgan fingerprint density at radius 1 is 0.967 bits per heavy atom. The van der Waals surface area contributed by atoms with E-state index in [4.69, 9.17) is 23.2 Å². The van der Waals surface area contributed by atoms with E-state index in [0.717, 1.165) is 65.7 Å². The minimum absolute atomic E-state index is 0. The van der Waals surface area contributed by atoms with Gasteiger partial charge in [0.1, 0.15) is 11.6 Å². The molecule has 8 heteroatoms. The van der Waals surface area contributed by atoms with Gasteiger partial charge in [0.25, 0.3) is 0 Å². The van der Waals surface area contributed by atoms with Crippen LogP contribution in [0.5, 0.6) is 0 Å². The number of benzene rings is 2. The molecule has 2 heterocycles. The zero-order valence-corrected chi connectivity index (χ0v) is 18.6. The molecule has 1 aliphatic heterocycles. The normalized spacial score (nSPS) is 20.6. The first kappa shape index (κ1) is 21.6. The third-order valence-electron chi connectivity index (χ3n) is 6.15. The topological polar surface area (TPSA) is 42.7 Å². The molecule has 0 atom stereocenters. The van der Waals surface area contributed by atoms with Crippen LogP contribution < -0.4 is 5.32 Å². The SMILES string of the molecule is Cl.Fc1cccc([C@H]2CC[C@H](c3nnc4n3-c3ccc(Cl)cc3CNC4)CC2)c1Cl. The lowest BCUT2D eigenvalue weighted by Crippen LogP contribution is -2.17. The lowest BCUT2D eigenvalue weighted by molar-refractivity contribution is 0.381. The van der Waals surface area contributed by atoms with Crippen LogP contribution in [0, 0.1) is 5.82 Å². The molecule has 0 saturated heterocycles. The monoisotopic (exact) mass is 466 g/mol. The van der Waals surface area contributed by atoms with Gasteiger partial charge in [-0.25, -0.2) is 4.39 Å². The number of halogens is 4. The van der Waals surface area contributed by atoms with Crippen molar-refractivity contribution >= 4 is 35.6 Å². The highest BCUT2D eigenvalue weighted by Gasteiger charge is 2.30. The number of nitrogens with one attached hydrogen (secondary N) is 1. The summed E-state index contributed by atoms with van der Waals surface area (Å²) < 4.78 is 16.1. The smallest absolute Gasteiger partial charge is 0.151 e. The summed E-state index contributed by atoms with van der Waals surface area (Å²) in [6.07, 6.45) is 3.88. The fourth-order valence-corrected chi connectivity index (χ4v) is 5.17. The van der Waals surface area contributed by atoms with Crippen molar-refractivity contribution in [1.29, 1.82) is 0 Å². The van der Waals surface area contributed by atoms with E-state index in [2.05, 4.69) is 26.1 Å². The van der Waals surface area contributed by atoms with Crippen LogP contribution in [-0.2, 0) is 13.1 Å². The van der Waals surface area contributed by atoms with Crippen molar-refractivity contribution in [2.45, 2.75) is 50.6 Å². The van der Waals surface area contributed by atoms with E-state index in [9.17, 15) is 4.39 Å². The van der Waals surface area contributed by atoms with Crippen LogP contribution in [-0.4, -0.2) is 14.8 Å². The van der Waals surface area contributed by atoms with Gasteiger partial charge in [-0.2, -0.15) is 0 Å². The summed E-state index contributed by atoms with van der Waals surface area (Å²) in [4.78, 5) is 0. The van der Waals surface area contributed by atoms with E-state index >= 15 is 0 Å². The maximum absolute atomic E-state index is 13.9. The van der Waals surface area contributed by atoms with E-state index in [0.29, 0.717) is 12.5 Å². The number of aromatic nitrogens is 3. The molecule has 2 aromatic carbocycles. The summed E-state index contributed by atoms with van der Waals surface area (Å²) in [5.41, 5.74) is 3.18. The number of hydrogen-bond donors (Lipinski definition) is 1. The predicted molar refractivity (Wildman–Crippen MR) is 120 cm³/mol. The van der Waals surface area contributed by atoms with Gasteiger partial charge < -0.3 is 5.32 Å². The van der Waals surface area contributed by atoms with Crippen molar-refractivity contribution in [2.24, 2.45) is 0 Å². The summed E-state index contributed by atoms with van der Waals surface area (Å²) in [6, 6.07) is 11.1. The second kappa shape index (κ2) is 8.83. The lowest BCUT2D eigenvalue weighted by atomic mass is 9.78. The molecule has 0 spiro atoms. The van der Waals surface area contributed by atoms with E-state index in [1.807, 2.05) is 18.2 Å². The largest absolute Gasteiger partial charge is 0.306 e. The Morgan fingerprint density at radius 2 is 1.73 bits per heavy atom. The van der Waals surface area contributed by atoms with Gasteiger partial charge in [0, 0.05) is 17.5 Å². The molecule has 0 radical (unpaired) electrons. The highest BCUT2D eigenvalue weighted by atomic mass is 35.5. The molecule has 0 bridgehead atoms. The highest BCUT2D eigenvalue weighted by Crippen LogP contribution is 2.43. The Bertz CT molecular complexity index is 1060. The van der Waals surface area contributed by atoms with Gasteiger partial charge in [0.2, 0.25) is 0 Å². The van der Waals surface area contributed by atoms with Crippen molar-refractivity contribution in [1.82, 2.24) is 20.1 Å². The van der Waals surface area contributed by atoms with Gasteiger partial charge in [0.05, 0.1) is 17.3 Å². The van der Waals surface area contributed by atoms with Crippen LogP contribution in [0.25, 0.3) is 5.69 Å². The van der Waals surface area contributed by atoms with Crippen LogP contribution in [0.4, 0.5) is 4.39 Å². The zero-order valence-electron chi connectivity index (χ0n) is 16.2. The summed E-state index contributed by atoms with van der Waals surface area (Å²) in [5.74, 6) is 2.21. The fraction of sp³-hybridized carbons (Fsp3) is 0.364. The minimum atomic E-state index is -0.336. The maximum atomic E-state index is 13.9. The van der Waals surface area contributed by atoms with E-state index in [-0.39, 0.29) is 29.2 Å². The van der Waals surface area contributed by atoms with Crippen molar-refractivity contribution in [3.63, 3.8) is 0 Å². The summed E-state index contributed by atoms with van der Waals surface area (Å²) in [5, 5.41) is 13.4. The summed E-state index contributed by atoms with van der Waals surface area (Å²) in [6.45, 7) is 1.43. The van der Waals surface area contributed by atoms with Crippen LogP contribution in [0.15, 0.2) is 36.4 Å². The molecule has 0 unspecified atom stereocenters. The molecule has 1 aliphatic carbocycles. The molecule has 0 amide bonds. The standard InChI is InChI=1S/C22H21Cl2FN4.ClH/c23-16-8-9-19-15(10-16)11-26-12-20-27-28-22(29(19)20)14-6-4-13(5-7-14)17-2-1-3-18(25)21(17)24;/h1-3,8-10,13-14,26H,4-7,11-12H2;1H/t13-,14-;. The van der Waals surface area contributed by atoms with Gasteiger partial charge in [-0.1, -0.05) is 35.3 Å². The summed E-state index contributed by atoms with van der Waals surface area (Å²) >= 11 is 12.4. The first-order chi connectivity index (χ1) is 14.1. The van der Waals surface area contributed by atoms with Crippen molar-refractivity contribution in [2.75, 3.05) is 0 Å². The molecular formula is C22H22Cl3FN4. The summed E-state index contributed by atoms with van der Waals surface area (Å²) in [7, 11) is 0. The quantitative estimate of drug-likeness (QED) is 0.489. The molecule has 1 aromatic heterocycles. The minimum Gasteiger partial charge on any atom is -0.306 e. The Hall–Kier alpha value is -1.66. The van der Waals surface area contributed by atoms with E-state index in [1.54, 1.807) is 6.07 Å². The second-order valence-electron chi connectivity index (χ2n) is 7.88. The highest BCUT2D eigenvalue weighted by molar-refractivity contribution is 6.31. The second-order valence-corrected chi connectivity index (χ2v) is 8.69. The molecule has 158 valence electrons. The number of rotatable bonds is 2. The fourth-order valence-electron chi connectivity index (χ4n) is 4.69. The van der Waals surface area contributed by atoms with Gasteiger partial charge >= 0.3 is 0 Å². The van der Waals surface area contributed by atoms with Crippen molar-refractivity contribution in [3.8, 4) is 5.69 Å². The number of hydrogen-bond acceptors (Lipinski definition) is 3. The lowest BCUT2D eigenvalue weighted by Gasteiger charge is -2.29. The zero-order chi connectivity index (χ0) is 20.0. The van der Waals surface area contributed by atoms with Gasteiger partial charge in [0.15, 0.2) is 5.82 Å².